The molecule has 3 aromatic rings. The molecule has 4 rings (SSSR count). The fourth-order valence-corrected chi connectivity index (χ4v) is 5.39. The van der Waals surface area contributed by atoms with Crippen LogP contribution in [0.4, 0.5) is 18.9 Å². The predicted molar refractivity (Wildman–Crippen MR) is 115 cm³/mol. The first-order valence-corrected chi connectivity index (χ1v) is 10.7. The van der Waals surface area contributed by atoms with Gasteiger partial charge in [-0.2, -0.15) is 13.2 Å². The molecule has 1 atom stereocenters. The molecule has 32 heavy (non-hydrogen) atoms. The fraction of sp³-hybridized carbons (Fsp3) is 0.136. The van der Waals surface area contributed by atoms with Crippen LogP contribution in [-0.2, 0) is 27.4 Å². The molecule has 0 bridgehead atoms. The zero-order valence-corrected chi connectivity index (χ0v) is 17.9. The summed E-state index contributed by atoms with van der Waals surface area (Å²) in [6.45, 7) is 0. The number of nitrogens with zero attached hydrogens (tertiary/aromatic N) is 1. The van der Waals surface area contributed by atoms with Crippen LogP contribution in [0, 0.1) is 0 Å². The number of benzene rings is 3. The van der Waals surface area contributed by atoms with Gasteiger partial charge in [0.25, 0.3) is 10.0 Å². The molecule has 0 fully saturated rings. The monoisotopic (exact) mass is 483 g/mol. The maximum Gasteiger partial charge on any atom is 0.417 e. The van der Waals surface area contributed by atoms with E-state index in [1.807, 2.05) is 0 Å². The van der Waals surface area contributed by atoms with Crippen LogP contribution in [-0.4, -0.2) is 25.5 Å². The van der Waals surface area contributed by atoms with Gasteiger partial charge in [-0.05, 0) is 41.0 Å². The Morgan fingerprint density at radius 1 is 0.938 bits per heavy atom. The Kier molecular flexibility index (Phi) is 6.26. The number of carbonyl (C=O) groups is 1. The first kappa shape index (κ1) is 23.6. The van der Waals surface area contributed by atoms with E-state index in [-0.39, 0.29) is 40.5 Å². The molecule has 0 radical (unpaired) electrons. The molecule has 1 aliphatic heterocycles. The molecule has 0 unspecified atom stereocenters. The average molecular weight is 484 g/mol. The standard InChI is InChI=1S/C22H16F3NO4S.ClH/c23-22(24,25)18-7-3-2-6-17(18)14-9-11-16(12-10-14)31(29,30)26-19-8-4-1-5-15(19)13-20(26)21(27)28;/h1-12,20H,13H2,(H,27,28);1H/t20-;/m0./s1. The number of fused-ring (bicyclic) bond motifs is 1. The zero-order chi connectivity index (χ0) is 22.4. The van der Waals surface area contributed by atoms with Crippen molar-refractivity contribution in [3.8, 4) is 11.1 Å². The zero-order valence-electron chi connectivity index (χ0n) is 16.3. The second-order valence-corrected chi connectivity index (χ2v) is 8.87. The van der Waals surface area contributed by atoms with Gasteiger partial charge in [-0.1, -0.05) is 48.5 Å². The second kappa shape index (κ2) is 8.48. The maximum atomic E-state index is 13.3. The number of halogens is 4. The molecule has 1 N–H and O–H groups in total. The van der Waals surface area contributed by atoms with E-state index in [4.69, 9.17) is 0 Å². The number of para-hydroxylation sites is 1. The van der Waals surface area contributed by atoms with Gasteiger partial charge in [-0.15, -0.1) is 12.4 Å². The summed E-state index contributed by atoms with van der Waals surface area (Å²) in [6, 6.07) is 15.2. The summed E-state index contributed by atoms with van der Waals surface area (Å²) in [7, 11) is -4.25. The number of aliphatic carboxylic acids is 1. The molecule has 0 saturated carbocycles. The van der Waals surface area contributed by atoms with Crippen molar-refractivity contribution in [2.75, 3.05) is 4.31 Å². The van der Waals surface area contributed by atoms with Gasteiger partial charge < -0.3 is 5.11 Å². The quantitative estimate of drug-likeness (QED) is 0.566. The molecule has 10 heteroatoms. The van der Waals surface area contributed by atoms with E-state index in [1.54, 1.807) is 18.2 Å². The van der Waals surface area contributed by atoms with Crippen LogP contribution in [0.15, 0.2) is 77.7 Å². The van der Waals surface area contributed by atoms with Crippen molar-refractivity contribution in [1.29, 1.82) is 0 Å². The molecule has 0 aliphatic carbocycles. The van der Waals surface area contributed by atoms with Crippen molar-refractivity contribution >= 4 is 34.1 Å². The van der Waals surface area contributed by atoms with Crippen molar-refractivity contribution in [2.24, 2.45) is 0 Å². The molecule has 0 aromatic heterocycles. The van der Waals surface area contributed by atoms with Crippen molar-refractivity contribution < 1.29 is 31.5 Å². The summed E-state index contributed by atoms with van der Waals surface area (Å²) in [4.78, 5) is 11.5. The summed E-state index contributed by atoms with van der Waals surface area (Å²) < 4.78 is 67.3. The van der Waals surface area contributed by atoms with Gasteiger partial charge in [-0.3, -0.25) is 4.31 Å². The highest BCUT2D eigenvalue weighted by Gasteiger charge is 2.42. The summed E-state index contributed by atoms with van der Waals surface area (Å²) in [5.41, 5.74) is 0.165. The van der Waals surface area contributed by atoms with Crippen LogP contribution in [0.3, 0.4) is 0 Å². The lowest BCUT2D eigenvalue weighted by Crippen LogP contribution is -2.42. The molecule has 0 saturated heterocycles. The smallest absolute Gasteiger partial charge is 0.417 e. The highest BCUT2D eigenvalue weighted by atomic mass is 35.5. The van der Waals surface area contributed by atoms with E-state index in [0.29, 0.717) is 5.56 Å². The van der Waals surface area contributed by atoms with Crippen LogP contribution in [0.5, 0.6) is 0 Å². The summed E-state index contributed by atoms with van der Waals surface area (Å²) in [5, 5.41) is 9.55. The van der Waals surface area contributed by atoms with Crippen LogP contribution in [0.25, 0.3) is 11.1 Å². The van der Waals surface area contributed by atoms with Crippen LogP contribution >= 0.6 is 12.4 Å². The normalized spacial score (nSPS) is 15.7. The second-order valence-electron chi connectivity index (χ2n) is 7.06. The van der Waals surface area contributed by atoms with E-state index >= 15 is 0 Å². The van der Waals surface area contributed by atoms with Gasteiger partial charge in [0.05, 0.1) is 16.1 Å². The van der Waals surface area contributed by atoms with Gasteiger partial charge in [0.1, 0.15) is 6.04 Å². The van der Waals surface area contributed by atoms with Gasteiger partial charge in [0, 0.05) is 6.42 Å². The topological polar surface area (TPSA) is 74.7 Å². The van der Waals surface area contributed by atoms with Crippen molar-refractivity contribution in [3.05, 3.63) is 83.9 Å². The number of carboxylic acids is 1. The van der Waals surface area contributed by atoms with Crippen molar-refractivity contribution in [3.63, 3.8) is 0 Å². The number of sulfonamides is 1. The predicted octanol–water partition coefficient (Wildman–Crippen LogP) is 5.00. The minimum absolute atomic E-state index is 0. The highest BCUT2D eigenvalue weighted by molar-refractivity contribution is 7.93. The molecule has 1 aliphatic rings. The lowest BCUT2D eigenvalue weighted by Gasteiger charge is -2.24. The number of carboxylic acid groups (broad SMARTS) is 1. The molecule has 0 amide bonds. The Morgan fingerprint density at radius 2 is 1.53 bits per heavy atom. The first-order chi connectivity index (χ1) is 14.6. The SMILES string of the molecule is Cl.O=C(O)[C@@H]1Cc2ccccc2N1S(=O)(=O)c1ccc(-c2ccccc2C(F)(F)F)cc1. The molecule has 0 spiro atoms. The Labute approximate surface area is 188 Å². The fourth-order valence-electron chi connectivity index (χ4n) is 3.74. The van der Waals surface area contributed by atoms with E-state index in [1.165, 1.54) is 48.5 Å². The van der Waals surface area contributed by atoms with Gasteiger partial charge >= 0.3 is 12.1 Å². The van der Waals surface area contributed by atoms with Gasteiger partial charge in [0.15, 0.2) is 0 Å². The number of alkyl halides is 3. The third-order valence-electron chi connectivity index (χ3n) is 5.17. The van der Waals surface area contributed by atoms with Gasteiger partial charge in [0.2, 0.25) is 0 Å². The Balaban J connectivity index is 0.00000289. The Bertz CT molecular complexity index is 1260. The van der Waals surface area contributed by atoms with Crippen LogP contribution in [0.2, 0.25) is 0 Å². The minimum Gasteiger partial charge on any atom is -0.480 e. The molecular formula is C22H17ClF3NO4S. The third kappa shape index (κ3) is 4.05. The summed E-state index contributed by atoms with van der Waals surface area (Å²) >= 11 is 0. The van der Waals surface area contributed by atoms with Crippen molar-refractivity contribution in [2.45, 2.75) is 23.5 Å². The largest absolute Gasteiger partial charge is 0.480 e. The van der Waals surface area contributed by atoms with Gasteiger partial charge in [-0.25, -0.2) is 13.2 Å². The molecule has 1 heterocycles. The van der Waals surface area contributed by atoms with Crippen LogP contribution < -0.4 is 4.31 Å². The summed E-state index contributed by atoms with van der Waals surface area (Å²) in [5.74, 6) is -1.28. The van der Waals surface area contributed by atoms with E-state index in [9.17, 15) is 31.5 Å². The lowest BCUT2D eigenvalue weighted by atomic mass is 9.99. The number of hydrogen-bond acceptors (Lipinski definition) is 3. The third-order valence-corrected chi connectivity index (χ3v) is 7.00. The number of anilines is 1. The molecular weight excluding hydrogens is 467 g/mol. The number of rotatable bonds is 4. The highest BCUT2D eigenvalue weighted by Crippen LogP contribution is 2.39. The average Bonchev–Trinajstić information content (AvgIpc) is 3.14. The molecule has 5 nitrogen and oxygen atoms in total. The minimum atomic E-state index is -4.56. The Hall–Kier alpha value is -3.04. The maximum absolute atomic E-state index is 13.3. The van der Waals surface area contributed by atoms with Crippen LogP contribution in [0.1, 0.15) is 11.1 Å². The first-order valence-electron chi connectivity index (χ1n) is 9.22. The van der Waals surface area contributed by atoms with E-state index < -0.39 is 33.8 Å². The number of hydrogen-bond donors (Lipinski definition) is 1. The summed E-state index contributed by atoms with van der Waals surface area (Å²) in [6.07, 6.45) is -4.53. The Morgan fingerprint density at radius 3 is 2.16 bits per heavy atom. The van der Waals surface area contributed by atoms with E-state index in [0.717, 1.165) is 10.4 Å². The van der Waals surface area contributed by atoms with E-state index in [2.05, 4.69) is 0 Å². The van der Waals surface area contributed by atoms with Crippen molar-refractivity contribution in [1.82, 2.24) is 0 Å². The molecule has 3 aromatic carbocycles. The molecule has 168 valence electrons. The lowest BCUT2D eigenvalue weighted by molar-refractivity contribution is -0.138.